The molecule has 1 N–H and O–H groups in total. The fourth-order valence-electron chi connectivity index (χ4n) is 3.51. The normalized spacial score (nSPS) is 18.9. The second kappa shape index (κ2) is 7.32. The summed E-state index contributed by atoms with van der Waals surface area (Å²) in [4.78, 5) is 39.4. The Morgan fingerprint density at radius 2 is 2.00 bits per heavy atom. The number of carbonyl (C=O) groups is 3. The smallest absolute Gasteiger partial charge is 0.374 e. The van der Waals surface area contributed by atoms with Crippen LogP contribution < -0.4 is 5.32 Å². The molecule has 4 rings (SSSR count). The van der Waals surface area contributed by atoms with Crippen LogP contribution in [0.3, 0.4) is 0 Å². The molecular weight excluding hydrogens is 456 g/mol. The number of benzene rings is 1. The zero-order valence-corrected chi connectivity index (χ0v) is 18.2. The summed E-state index contributed by atoms with van der Waals surface area (Å²) in [7, 11) is 0. The predicted octanol–water partition coefficient (Wildman–Crippen LogP) is 4.24. The van der Waals surface area contributed by atoms with Crippen molar-refractivity contribution in [2.24, 2.45) is 0 Å². The maximum Gasteiger partial charge on any atom is 0.374 e. The number of amides is 3. The number of hydrogen-bond donors (Lipinski definition) is 1. The van der Waals surface area contributed by atoms with Gasteiger partial charge in [0.2, 0.25) is 5.76 Å². The highest BCUT2D eigenvalue weighted by Crippen LogP contribution is 2.34. The highest BCUT2D eigenvalue weighted by molar-refractivity contribution is 9.10. The van der Waals surface area contributed by atoms with Crippen LogP contribution in [0, 0.1) is 6.92 Å². The Morgan fingerprint density at radius 1 is 1.23 bits per heavy atom. The fraction of sp³-hybridized carbons (Fsp3) is 0.286. The summed E-state index contributed by atoms with van der Waals surface area (Å²) in [6.45, 7) is 5.04. The van der Waals surface area contributed by atoms with E-state index in [4.69, 9.17) is 13.6 Å². The monoisotopic (exact) mass is 474 g/mol. The topological polar surface area (TPSA) is 102 Å². The van der Waals surface area contributed by atoms with E-state index in [1.165, 1.54) is 0 Å². The maximum atomic E-state index is 13.2. The van der Waals surface area contributed by atoms with Crippen molar-refractivity contribution in [2.45, 2.75) is 32.9 Å². The first kappa shape index (κ1) is 20.2. The molecular formula is C21H19BrN2O6. The van der Waals surface area contributed by atoms with Gasteiger partial charge in [-0.15, -0.1) is 0 Å². The van der Waals surface area contributed by atoms with Crippen LogP contribution in [0.2, 0.25) is 0 Å². The Kier molecular flexibility index (Phi) is 4.93. The standard InChI is InChI=1S/C21H19BrN2O6/c1-4-28-18(25)17-14(13-9-12(22)6-7-15(13)30-17)10-24-19(26)21(3,23-20(24)27)16-8-5-11(2)29-16/h5-9H,4,10H2,1-3H3,(H,23,27). The average Bonchev–Trinajstić information content (AvgIpc) is 3.34. The molecule has 8 nitrogen and oxygen atoms in total. The lowest BCUT2D eigenvalue weighted by atomic mass is 9.99. The molecule has 3 heterocycles. The van der Waals surface area contributed by atoms with Crippen LogP contribution in [0.1, 0.15) is 41.5 Å². The molecule has 1 unspecified atom stereocenters. The summed E-state index contributed by atoms with van der Waals surface area (Å²) in [6, 6.07) is 8.04. The van der Waals surface area contributed by atoms with Crippen molar-refractivity contribution in [3.05, 3.63) is 57.6 Å². The Morgan fingerprint density at radius 3 is 2.67 bits per heavy atom. The SMILES string of the molecule is CCOC(=O)c1oc2ccc(Br)cc2c1CN1C(=O)NC(C)(c2ccc(C)o2)C1=O. The second-order valence-corrected chi connectivity index (χ2v) is 8.04. The van der Waals surface area contributed by atoms with Crippen LogP contribution in [-0.4, -0.2) is 29.4 Å². The summed E-state index contributed by atoms with van der Waals surface area (Å²) in [6.07, 6.45) is 0. The number of halogens is 1. The quantitative estimate of drug-likeness (QED) is 0.438. The van der Waals surface area contributed by atoms with Gasteiger partial charge in [-0.3, -0.25) is 9.69 Å². The van der Waals surface area contributed by atoms with Crippen molar-refractivity contribution in [1.82, 2.24) is 10.2 Å². The van der Waals surface area contributed by atoms with Gasteiger partial charge in [-0.25, -0.2) is 9.59 Å². The molecule has 3 amide bonds. The number of furan rings is 2. The van der Waals surface area contributed by atoms with Crippen LogP contribution in [-0.2, 0) is 21.6 Å². The summed E-state index contributed by atoms with van der Waals surface area (Å²) in [5.74, 6) is -0.210. The van der Waals surface area contributed by atoms with Crippen LogP contribution in [0.15, 0.2) is 43.6 Å². The summed E-state index contributed by atoms with van der Waals surface area (Å²) >= 11 is 3.40. The van der Waals surface area contributed by atoms with Gasteiger partial charge in [0.15, 0.2) is 5.54 Å². The highest BCUT2D eigenvalue weighted by atomic mass is 79.9. The summed E-state index contributed by atoms with van der Waals surface area (Å²) in [5, 5.41) is 3.30. The van der Waals surface area contributed by atoms with Gasteiger partial charge >= 0.3 is 12.0 Å². The van der Waals surface area contributed by atoms with E-state index in [9.17, 15) is 14.4 Å². The fourth-order valence-corrected chi connectivity index (χ4v) is 3.87. The lowest BCUT2D eigenvalue weighted by Crippen LogP contribution is -2.40. The molecule has 3 aromatic rings. The van der Waals surface area contributed by atoms with Crippen LogP contribution in [0.5, 0.6) is 0 Å². The molecule has 1 fully saturated rings. The van der Waals surface area contributed by atoms with Crippen molar-refractivity contribution in [3.63, 3.8) is 0 Å². The van der Waals surface area contributed by atoms with E-state index < -0.39 is 23.4 Å². The molecule has 1 aliphatic rings. The first-order valence-electron chi connectivity index (χ1n) is 9.33. The zero-order valence-electron chi connectivity index (χ0n) is 16.6. The van der Waals surface area contributed by atoms with Crippen molar-refractivity contribution < 1.29 is 28.0 Å². The van der Waals surface area contributed by atoms with Crippen molar-refractivity contribution in [1.29, 1.82) is 0 Å². The molecule has 2 aromatic heterocycles. The average molecular weight is 475 g/mol. The molecule has 0 radical (unpaired) electrons. The molecule has 1 aliphatic heterocycles. The molecule has 0 aliphatic carbocycles. The molecule has 1 saturated heterocycles. The Bertz CT molecular complexity index is 1180. The van der Waals surface area contributed by atoms with Gasteiger partial charge in [-0.05, 0) is 51.1 Å². The molecule has 30 heavy (non-hydrogen) atoms. The molecule has 0 bridgehead atoms. The van der Waals surface area contributed by atoms with Gasteiger partial charge in [-0.2, -0.15) is 0 Å². The number of aryl methyl sites for hydroxylation is 1. The van der Waals surface area contributed by atoms with Gasteiger partial charge in [0.1, 0.15) is 17.1 Å². The number of ether oxygens (including phenoxy) is 1. The lowest BCUT2D eigenvalue weighted by Gasteiger charge is -2.19. The molecule has 1 aromatic carbocycles. The minimum atomic E-state index is -1.34. The number of hydrogen-bond acceptors (Lipinski definition) is 6. The van der Waals surface area contributed by atoms with Gasteiger partial charge in [0, 0.05) is 15.4 Å². The number of fused-ring (bicyclic) bond motifs is 1. The lowest BCUT2D eigenvalue weighted by molar-refractivity contribution is -0.132. The molecule has 156 valence electrons. The van der Waals surface area contributed by atoms with E-state index in [-0.39, 0.29) is 18.9 Å². The van der Waals surface area contributed by atoms with E-state index in [0.717, 1.165) is 9.37 Å². The number of urea groups is 1. The number of esters is 1. The third-order valence-corrected chi connectivity index (χ3v) is 5.53. The minimum absolute atomic E-state index is 0.0343. The van der Waals surface area contributed by atoms with Gasteiger partial charge in [0.25, 0.3) is 5.91 Å². The predicted molar refractivity (Wildman–Crippen MR) is 110 cm³/mol. The highest BCUT2D eigenvalue weighted by Gasteiger charge is 2.51. The number of nitrogens with one attached hydrogen (secondary N) is 1. The van der Waals surface area contributed by atoms with Gasteiger partial charge in [0.05, 0.1) is 13.2 Å². The first-order valence-corrected chi connectivity index (χ1v) is 10.1. The first-order chi connectivity index (χ1) is 14.2. The third-order valence-electron chi connectivity index (χ3n) is 5.04. The number of carbonyl (C=O) groups excluding carboxylic acids is 3. The Labute approximate surface area is 180 Å². The zero-order chi connectivity index (χ0) is 21.6. The van der Waals surface area contributed by atoms with E-state index in [1.807, 2.05) is 0 Å². The van der Waals surface area contributed by atoms with Gasteiger partial charge in [-0.1, -0.05) is 15.9 Å². The molecule has 0 saturated carbocycles. The largest absolute Gasteiger partial charge is 0.463 e. The Hall–Kier alpha value is -3.07. The molecule has 9 heteroatoms. The van der Waals surface area contributed by atoms with Crippen molar-refractivity contribution >= 4 is 44.8 Å². The van der Waals surface area contributed by atoms with Crippen molar-refractivity contribution in [3.8, 4) is 0 Å². The minimum Gasteiger partial charge on any atom is -0.463 e. The Balaban J connectivity index is 1.76. The van der Waals surface area contributed by atoms with Crippen LogP contribution in [0.25, 0.3) is 11.0 Å². The van der Waals surface area contributed by atoms with E-state index >= 15 is 0 Å². The number of rotatable bonds is 5. The summed E-state index contributed by atoms with van der Waals surface area (Å²) < 4.78 is 17.2. The van der Waals surface area contributed by atoms with Crippen LogP contribution >= 0.6 is 15.9 Å². The van der Waals surface area contributed by atoms with Crippen molar-refractivity contribution in [2.75, 3.05) is 6.61 Å². The number of nitrogens with zero attached hydrogens (tertiary/aromatic N) is 1. The van der Waals surface area contributed by atoms with E-state index in [1.54, 1.807) is 51.1 Å². The second-order valence-electron chi connectivity index (χ2n) is 7.13. The third kappa shape index (κ3) is 3.19. The summed E-state index contributed by atoms with van der Waals surface area (Å²) in [5.41, 5.74) is -0.490. The van der Waals surface area contributed by atoms with Crippen LogP contribution in [0.4, 0.5) is 4.79 Å². The molecule has 1 atom stereocenters. The van der Waals surface area contributed by atoms with E-state index in [0.29, 0.717) is 28.1 Å². The van der Waals surface area contributed by atoms with E-state index in [2.05, 4.69) is 21.2 Å². The molecule has 0 spiro atoms. The maximum absolute atomic E-state index is 13.2. The van der Waals surface area contributed by atoms with Gasteiger partial charge < -0.3 is 18.9 Å². The number of imide groups is 1.